The van der Waals surface area contributed by atoms with E-state index in [1.807, 2.05) is 32.9 Å². The van der Waals surface area contributed by atoms with E-state index in [-0.39, 0.29) is 10.8 Å². The molecule has 0 radical (unpaired) electrons. The molecule has 1 aromatic heterocycles. The van der Waals surface area contributed by atoms with Crippen LogP contribution in [0.3, 0.4) is 0 Å². The average molecular weight is 301 g/mol. The van der Waals surface area contributed by atoms with Crippen molar-refractivity contribution < 1.29 is 4.55 Å². The SMILES string of the molecule is CC(C)(C)[S+]([O-])N[C@H](c1ccc(Cl)cn1)C1CCC1. The van der Waals surface area contributed by atoms with Gasteiger partial charge in [0.25, 0.3) is 0 Å². The van der Waals surface area contributed by atoms with Crippen molar-refractivity contribution in [1.29, 1.82) is 0 Å². The Bertz CT molecular complexity index is 414. The second-order valence-electron chi connectivity index (χ2n) is 6.07. The second-order valence-corrected chi connectivity index (χ2v) is 8.50. The lowest BCUT2D eigenvalue weighted by atomic mass is 9.79. The van der Waals surface area contributed by atoms with Gasteiger partial charge in [0.1, 0.15) is 4.75 Å². The molecule has 0 aliphatic heterocycles. The summed E-state index contributed by atoms with van der Waals surface area (Å²) in [7, 11) is 0. The third-order valence-electron chi connectivity index (χ3n) is 3.48. The average Bonchev–Trinajstić information content (AvgIpc) is 2.25. The van der Waals surface area contributed by atoms with Gasteiger partial charge in [0, 0.05) is 17.6 Å². The maximum absolute atomic E-state index is 12.3. The highest BCUT2D eigenvalue weighted by atomic mass is 35.5. The van der Waals surface area contributed by atoms with E-state index in [4.69, 9.17) is 11.6 Å². The third kappa shape index (κ3) is 3.85. The maximum Gasteiger partial charge on any atom is 0.136 e. The summed E-state index contributed by atoms with van der Waals surface area (Å²) >= 11 is 4.79. The lowest BCUT2D eigenvalue weighted by Crippen LogP contribution is -2.44. The van der Waals surface area contributed by atoms with Crippen molar-refractivity contribution in [2.24, 2.45) is 5.92 Å². The van der Waals surface area contributed by atoms with Gasteiger partial charge in [0.15, 0.2) is 0 Å². The van der Waals surface area contributed by atoms with Crippen LogP contribution < -0.4 is 4.72 Å². The third-order valence-corrected chi connectivity index (χ3v) is 5.28. The predicted octanol–water partition coefficient (Wildman–Crippen LogP) is 3.63. The van der Waals surface area contributed by atoms with Crippen LogP contribution in [0.5, 0.6) is 0 Å². The van der Waals surface area contributed by atoms with Crippen LogP contribution in [0.2, 0.25) is 5.02 Å². The Hall–Kier alpha value is -0.290. The number of nitrogens with zero attached hydrogens (tertiary/aromatic N) is 1. The highest BCUT2D eigenvalue weighted by molar-refractivity contribution is 7.90. The molecule has 1 N–H and O–H groups in total. The van der Waals surface area contributed by atoms with Crippen molar-refractivity contribution in [2.45, 2.75) is 50.8 Å². The molecule has 0 bridgehead atoms. The smallest absolute Gasteiger partial charge is 0.136 e. The van der Waals surface area contributed by atoms with Crippen molar-refractivity contribution in [3.8, 4) is 0 Å². The number of nitrogens with one attached hydrogen (secondary N) is 1. The van der Waals surface area contributed by atoms with Crippen LogP contribution in [-0.4, -0.2) is 14.3 Å². The lowest BCUT2D eigenvalue weighted by molar-refractivity contribution is 0.246. The first-order chi connectivity index (χ1) is 8.88. The Morgan fingerprint density at radius 2 is 2.11 bits per heavy atom. The zero-order chi connectivity index (χ0) is 14.0. The van der Waals surface area contributed by atoms with Crippen LogP contribution in [0.15, 0.2) is 18.3 Å². The summed E-state index contributed by atoms with van der Waals surface area (Å²) in [6.45, 7) is 5.93. The van der Waals surface area contributed by atoms with Crippen LogP contribution in [0.1, 0.15) is 51.8 Å². The topological polar surface area (TPSA) is 48.0 Å². The Labute approximate surface area is 123 Å². The summed E-state index contributed by atoms with van der Waals surface area (Å²) in [5.74, 6) is 0.528. The summed E-state index contributed by atoms with van der Waals surface area (Å²) in [4.78, 5) is 4.39. The second kappa shape index (κ2) is 6.00. The fourth-order valence-electron chi connectivity index (χ4n) is 2.03. The van der Waals surface area contributed by atoms with Gasteiger partial charge < -0.3 is 4.55 Å². The number of halogens is 1. The number of hydrogen-bond donors (Lipinski definition) is 1. The standard InChI is InChI=1S/C14H21ClN2OS/c1-14(2,3)19(18)17-13(10-5-4-6-10)12-8-7-11(15)9-16-12/h7-10,13,17H,4-6H2,1-3H3/t13-,19?/m0/s1. The molecule has 1 saturated carbocycles. The van der Waals surface area contributed by atoms with Gasteiger partial charge in [-0.25, -0.2) is 0 Å². The van der Waals surface area contributed by atoms with E-state index in [0.717, 1.165) is 5.69 Å². The molecule has 5 heteroatoms. The van der Waals surface area contributed by atoms with E-state index < -0.39 is 11.4 Å². The number of pyridine rings is 1. The van der Waals surface area contributed by atoms with Gasteiger partial charge in [0.05, 0.1) is 16.8 Å². The van der Waals surface area contributed by atoms with E-state index in [2.05, 4.69) is 9.71 Å². The Balaban J connectivity index is 2.14. The highest BCUT2D eigenvalue weighted by Gasteiger charge is 2.36. The van der Waals surface area contributed by atoms with E-state index in [1.165, 1.54) is 19.3 Å². The minimum atomic E-state index is -1.08. The molecule has 1 aliphatic carbocycles. The molecule has 0 aromatic carbocycles. The Kier molecular flexibility index (Phi) is 4.77. The molecule has 3 nitrogen and oxygen atoms in total. The van der Waals surface area contributed by atoms with E-state index in [9.17, 15) is 4.55 Å². The quantitative estimate of drug-likeness (QED) is 0.864. The number of hydrogen-bond acceptors (Lipinski definition) is 3. The Morgan fingerprint density at radius 3 is 2.53 bits per heavy atom. The molecule has 1 aromatic rings. The van der Waals surface area contributed by atoms with Crippen molar-refractivity contribution >= 4 is 23.0 Å². The minimum absolute atomic E-state index is 0.0612. The van der Waals surface area contributed by atoms with Gasteiger partial charge in [0.2, 0.25) is 0 Å². The lowest BCUT2D eigenvalue weighted by Gasteiger charge is -2.36. The number of aromatic nitrogens is 1. The van der Waals surface area contributed by atoms with Gasteiger partial charge in [-0.1, -0.05) is 18.0 Å². The molecule has 2 atom stereocenters. The van der Waals surface area contributed by atoms with Gasteiger partial charge >= 0.3 is 0 Å². The summed E-state index contributed by atoms with van der Waals surface area (Å²) in [6, 6.07) is 3.83. The molecule has 1 aliphatic rings. The zero-order valence-electron chi connectivity index (χ0n) is 11.6. The van der Waals surface area contributed by atoms with Gasteiger partial charge in [-0.15, -0.1) is 4.72 Å². The first kappa shape index (κ1) is 15.1. The highest BCUT2D eigenvalue weighted by Crippen LogP contribution is 2.38. The summed E-state index contributed by atoms with van der Waals surface area (Å²) in [5, 5.41) is 0.632. The fourth-order valence-corrected chi connectivity index (χ4v) is 3.04. The van der Waals surface area contributed by atoms with Crippen LogP contribution in [0.25, 0.3) is 0 Å². The van der Waals surface area contributed by atoms with E-state index in [1.54, 1.807) is 6.20 Å². The van der Waals surface area contributed by atoms with Gasteiger partial charge in [-0.05, 0) is 51.7 Å². The molecule has 1 fully saturated rings. The molecule has 0 spiro atoms. The molecule has 2 rings (SSSR count). The normalized spacial score (nSPS) is 19.8. The molecular weight excluding hydrogens is 280 g/mol. The predicted molar refractivity (Wildman–Crippen MR) is 80.4 cm³/mol. The van der Waals surface area contributed by atoms with Crippen molar-refractivity contribution in [1.82, 2.24) is 9.71 Å². The van der Waals surface area contributed by atoms with Crippen LogP contribution >= 0.6 is 11.6 Å². The van der Waals surface area contributed by atoms with Crippen LogP contribution in [-0.2, 0) is 11.4 Å². The summed E-state index contributed by atoms with van der Waals surface area (Å²) < 4.78 is 15.3. The van der Waals surface area contributed by atoms with Crippen molar-refractivity contribution in [2.75, 3.05) is 0 Å². The van der Waals surface area contributed by atoms with Crippen LogP contribution in [0, 0.1) is 5.92 Å². The summed E-state index contributed by atoms with van der Waals surface area (Å²) in [5.41, 5.74) is 0.937. The first-order valence-electron chi connectivity index (χ1n) is 6.67. The van der Waals surface area contributed by atoms with Crippen molar-refractivity contribution in [3.63, 3.8) is 0 Å². The number of rotatable bonds is 4. The van der Waals surface area contributed by atoms with Gasteiger partial charge in [-0.3, -0.25) is 4.98 Å². The van der Waals surface area contributed by atoms with E-state index >= 15 is 0 Å². The van der Waals surface area contributed by atoms with E-state index in [0.29, 0.717) is 10.9 Å². The maximum atomic E-state index is 12.3. The summed E-state index contributed by atoms with van der Waals surface area (Å²) in [6.07, 6.45) is 5.25. The largest absolute Gasteiger partial charge is 0.598 e. The molecule has 106 valence electrons. The molecule has 0 amide bonds. The monoisotopic (exact) mass is 300 g/mol. The van der Waals surface area contributed by atoms with Crippen LogP contribution in [0.4, 0.5) is 0 Å². The zero-order valence-corrected chi connectivity index (χ0v) is 13.2. The minimum Gasteiger partial charge on any atom is -0.598 e. The molecule has 1 unspecified atom stereocenters. The van der Waals surface area contributed by atoms with Crippen molar-refractivity contribution in [3.05, 3.63) is 29.0 Å². The fraction of sp³-hybridized carbons (Fsp3) is 0.643. The molecule has 19 heavy (non-hydrogen) atoms. The molecule has 1 heterocycles. The molecular formula is C14H21ClN2OS. The first-order valence-corrected chi connectivity index (χ1v) is 8.20. The molecule has 0 saturated heterocycles. The van der Waals surface area contributed by atoms with Gasteiger partial charge in [-0.2, -0.15) is 0 Å². The Morgan fingerprint density at radius 1 is 1.42 bits per heavy atom.